The highest BCUT2D eigenvalue weighted by Crippen LogP contribution is 2.26. The summed E-state index contributed by atoms with van der Waals surface area (Å²) in [6, 6.07) is 8.94. The van der Waals surface area contributed by atoms with Crippen LogP contribution in [0.2, 0.25) is 0 Å². The van der Waals surface area contributed by atoms with Gasteiger partial charge < -0.3 is 9.64 Å². The Balaban J connectivity index is 2.37. The molecule has 0 bridgehead atoms. The molecule has 1 heterocycles. The molecule has 0 aliphatic carbocycles. The molecule has 0 unspecified atom stereocenters. The number of nitrogens with zero attached hydrogens (tertiary/aromatic N) is 1. The van der Waals surface area contributed by atoms with Crippen molar-refractivity contribution >= 4 is 5.69 Å². The maximum Gasteiger partial charge on any atom is 0.119 e. The van der Waals surface area contributed by atoms with Gasteiger partial charge in [-0.3, -0.25) is 0 Å². The zero-order valence-corrected chi connectivity index (χ0v) is 8.16. The fraction of sp³-hybridized carbons (Fsp3) is 0.455. The van der Waals surface area contributed by atoms with Crippen LogP contribution in [-0.4, -0.2) is 12.8 Å². The van der Waals surface area contributed by atoms with Crippen LogP contribution in [0, 0.1) is 0 Å². The van der Waals surface area contributed by atoms with Gasteiger partial charge in [0.15, 0.2) is 0 Å². The minimum absolute atomic E-state index is 0.501. The summed E-state index contributed by atoms with van der Waals surface area (Å²) >= 11 is 0. The summed E-state index contributed by atoms with van der Waals surface area (Å²) in [6.07, 6.45) is 0. The Kier molecular flexibility index (Phi) is 2.23. The lowest BCUT2D eigenvalue weighted by molar-refractivity contribution is 0.106. The number of rotatable bonds is 1. The number of hydrogen-bond donors (Lipinski definition) is 0. The molecule has 0 radical (unpaired) electrons. The van der Waals surface area contributed by atoms with Gasteiger partial charge in [0.1, 0.15) is 6.73 Å². The smallest absolute Gasteiger partial charge is 0.119 e. The second-order valence-electron chi connectivity index (χ2n) is 3.67. The Bertz CT molecular complexity index is 296. The van der Waals surface area contributed by atoms with Gasteiger partial charge >= 0.3 is 0 Å². The molecule has 0 saturated heterocycles. The lowest BCUT2D eigenvalue weighted by Crippen LogP contribution is -2.36. The maximum atomic E-state index is 5.50. The largest absolute Gasteiger partial charge is 0.356 e. The molecule has 2 heteroatoms. The van der Waals surface area contributed by atoms with E-state index in [0.717, 1.165) is 6.61 Å². The van der Waals surface area contributed by atoms with Crippen LogP contribution in [0.1, 0.15) is 19.4 Å². The zero-order valence-electron chi connectivity index (χ0n) is 8.16. The molecule has 0 aromatic heterocycles. The molecule has 0 spiro atoms. The highest BCUT2D eigenvalue weighted by atomic mass is 16.5. The van der Waals surface area contributed by atoms with E-state index in [0.29, 0.717) is 12.8 Å². The first-order valence-electron chi connectivity index (χ1n) is 4.71. The first-order chi connectivity index (χ1) is 6.29. The number of benzene rings is 1. The normalized spacial score (nSPS) is 16.1. The molecular formula is C11H15NO. The standard InChI is InChI=1S/C11H15NO/c1-9(2)12-8-13-7-10-5-3-4-6-11(10)12/h3-6,9H,7-8H2,1-2H3. The van der Waals surface area contributed by atoms with Crippen LogP contribution in [0.5, 0.6) is 0 Å². The Labute approximate surface area is 79.1 Å². The van der Waals surface area contributed by atoms with E-state index in [-0.39, 0.29) is 0 Å². The third-order valence-corrected chi connectivity index (χ3v) is 2.41. The predicted molar refractivity (Wildman–Crippen MR) is 53.7 cm³/mol. The molecule has 0 N–H and O–H groups in total. The van der Waals surface area contributed by atoms with Crippen molar-refractivity contribution in [3.05, 3.63) is 29.8 Å². The van der Waals surface area contributed by atoms with Crippen molar-refractivity contribution in [3.8, 4) is 0 Å². The van der Waals surface area contributed by atoms with Gasteiger partial charge in [-0.2, -0.15) is 0 Å². The minimum atomic E-state index is 0.501. The first kappa shape index (κ1) is 8.57. The van der Waals surface area contributed by atoms with Gasteiger partial charge in [0.25, 0.3) is 0 Å². The molecule has 0 amide bonds. The molecule has 0 atom stereocenters. The van der Waals surface area contributed by atoms with Crippen molar-refractivity contribution in [1.82, 2.24) is 0 Å². The van der Waals surface area contributed by atoms with E-state index >= 15 is 0 Å². The molecule has 0 saturated carbocycles. The SMILES string of the molecule is CC(C)N1COCc2ccccc21. The van der Waals surface area contributed by atoms with E-state index in [1.54, 1.807) is 0 Å². The van der Waals surface area contributed by atoms with Crippen LogP contribution in [0.3, 0.4) is 0 Å². The van der Waals surface area contributed by atoms with Gasteiger partial charge in [-0.25, -0.2) is 0 Å². The lowest BCUT2D eigenvalue weighted by atomic mass is 10.1. The van der Waals surface area contributed by atoms with Crippen molar-refractivity contribution in [2.75, 3.05) is 11.6 Å². The van der Waals surface area contributed by atoms with Crippen LogP contribution < -0.4 is 4.90 Å². The molecule has 1 aliphatic rings. The van der Waals surface area contributed by atoms with Gasteiger partial charge in [0, 0.05) is 17.3 Å². The molecule has 1 aliphatic heterocycles. The molecule has 1 aromatic carbocycles. The number of ether oxygens (including phenoxy) is 1. The summed E-state index contributed by atoms with van der Waals surface area (Å²) in [5, 5.41) is 0. The Morgan fingerprint density at radius 2 is 2.08 bits per heavy atom. The van der Waals surface area contributed by atoms with E-state index in [1.165, 1.54) is 11.3 Å². The lowest BCUT2D eigenvalue weighted by Gasteiger charge is -2.34. The summed E-state index contributed by atoms with van der Waals surface area (Å²) in [7, 11) is 0. The highest BCUT2D eigenvalue weighted by molar-refractivity contribution is 5.54. The summed E-state index contributed by atoms with van der Waals surface area (Å²) in [6.45, 7) is 5.84. The number of fused-ring (bicyclic) bond motifs is 1. The monoisotopic (exact) mass is 177 g/mol. The fourth-order valence-electron chi connectivity index (χ4n) is 1.66. The van der Waals surface area contributed by atoms with Crippen molar-refractivity contribution in [2.24, 2.45) is 0 Å². The van der Waals surface area contributed by atoms with Crippen LogP contribution in [0.25, 0.3) is 0 Å². The summed E-state index contributed by atoms with van der Waals surface area (Å²) in [5.41, 5.74) is 2.62. The van der Waals surface area contributed by atoms with Gasteiger partial charge in [0.2, 0.25) is 0 Å². The van der Waals surface area contributed by atoms with Crippen LogP contribution >= 0.6 is 0 Å². The summed E-state index contributed by atoms with van der Waals surface area (Å²) in [4.78, 5) is 2.28. The van der Waals surface area contributed by atoms with Gasteiger partial charge in [-0.05, 0) is 19.9 Å². The van der Waals surface area contributed by atoms with E-state index < -0.39 is 0 Å². The van der Waals surface area contributed by atoms with E-state index in [9.17, 15) is 0 Å². The minimum Gasteiger partial charge on any atom is -0.356 e. The van der Waals surface area contributed by atoms with E-state index in [4.69, 9.17) is 4.74 Å². The van der Waals surface area contributed by atoms with E-state index in [2.05, 4.69) is 43.0 Å². The van der Waals surface area contributed by atoms with Gasteiger partial charge in [-0.1, -0.05) is 18.2 Å². The molecule has 0 fully saturated rings. The van der Waals surface area contributed by atoms with Crippen molar-refractivity contribution in [2.45, 2.75) is 26.5 Å². The molecule has 70 valence electrons. The Morgan fingerprint density at radius 1 is 1.31 bits per heavy atom. The van der Waals surface area contributed by atoms with Crippen molar-refractivity contribution < 1.29 is 4.74 Å². The summed E-state index contributed by atoms with van der Waals surface area (Å²) < 4.78 is 5.50. The van der Waals surface area contributed by atoms with Gasteiger partial charge in [0.05, 0.1) is 6.61 Å². The quantitative estimate of drug-likeness (QED) is 0.653. The third-order valence-electron chi connectivity index (χ3n) is 2.41. The molecule has 2 nitrogen and oxygen atoms in total. The second-order valence-corrected chi connectivity index (χ2v) is 3.67. The van der Waals surface area contributed by atoms with Crippen LogP contribution in [0.4, 0.5) is 5.69 Å². The summed E-state index contributed by atoms with van der Waals surface area (Å²) in [5.74, 6) is 0. The number of hydrogen-bond acceptors (Lipinski definition) is 2. The van der Waals surface area contributed by atoms with E-state index in [1.807, 2.05) is 0 Å². The Morgan fingerprint density at radius 3 is 2.85 bits per heavy atom. The molecule has 1 aromatic rings. The second kappa shape index (κ2) is 3.38. The average molecular weight is 177 g/mol. The van der Waals surface area contributed by atoms with Crippen molar-refractivity contribution in [1.29, 1.82) is 0 Å². The zero-order chi connectivity index (χ0) is 9.26. The van der Waals surface area contributed by atoms with Crippen molar-refractivity contribution in [3.63, 3.8) is 0 Å². The van der Waals surface area contributed by atoms with Crippen LogP contribution in [0.15, 0.2) is 24.3 Å². The molecule has 2 rings (SSSR count). The fourth-order valence-corrected chi connectivity index (χ4v) is 1.66. The topological polar surface area (TPSA) is 12.5 Å². The number of para-hydroxylation sites is 1. The first-order valence-corrected chi connectivity index (χ1v) is 4.71. The molecular weight excluding hydrogens is 162 g/mol. The predicted octanol–water partition coefficient (Wildman–Crippen LogP) is 2.39. The molecule has 13 heavy (non-hydrogen) atoms. The number of anilines is 1. The Hall–Kier alpha value is -1.02. The maximum absolute atomic E-state index is 5.50. The van der Waals surface area contributed by atoms with Crippen LogP contribution in [-0.2, 0) is 11.3 Å². The average Bonchev–Trinajstić information content (AvgIpc) is 2.17. The third kappa shape index (κ3) is 1.54. The van der Waals surface area contributed by atoms with Gasteiger partial charge in [-0.15, -0.1) is 0 Å². The highest BCUT2D eigenvalue weighted by Gasteiger charge is 2.18.